The lowest BCUT2D eigenvalue weighted by atomic mass is 10.1. The molecule has 0 saturated carbocycles. The summed E-state index contributed by atoms with van der Waals surface area (Å²) < 4.78 is 39.6. The van der Waals surface area contributed by atoms with Crippen LogP contribution < -0.4 is 10.7 Å². The highest BCUT2D eigenvalue weighted by Gasteiger charge is 2.33. The Kier molecular flexibility index (Phi) is 14.9. The molecule has 0 aliphatic heterocycles. The van der Waals surface area contributed by atoms with Crippen molar-refractivity contribution in [2.24, 2.45) is 5.10 Å². The van der Waals surface area contributed by atoms with Crippen molar-refractivity contribution in [2.45, 2.75) is 47.3 Å². The molecule has 47 heavy (non-hydrogen) atoms. The summed E-state index contributed by atoms with van der Waals surface area (Å²) in [5.74, 6) is -0.962. The third kappa shape index (κ3) is 11.4. The van der Waals surface area contributed by atoms with E-state index in [1.54, 1.807) is 18.4 Å². The highest BCUT2D eigenvalue weighted by molar-refractivity contribution is 7.15. The van der Waals surface area contributed by atoms with Crippen LogP contribution >= 0.6 is 22.9 Å². The van der Waals surface area contributed by atoms with Crippen molar-refractivity contribution in [1.29, 1.82) is 0 Å². The molecule has 3 rings (SSSR count). The molecule has 2 N–H and O–H groups in total. The van der Waals surface area contributed by atoms with Crippen LogP contribution in [0.25, 0.3) is 0 Å². The smallest absolute Gasteiger partial charge is 0.313 e. The van der Waals surface area contributed by atoms with Crippen LogP contribution in [0.3, 0.4) is 0 Å². The fourth-order valence-corrected chi connectivity index (χ4v) is 6.20. The van der Waals surface area contributed by atoms with Gasteiger partial charge in [0.05, 0.1) is 22.4 Å². The number of rotatable bonds is 17. The molecular weight excluding hydrogens is 649 g/mol. The number of thiophene rings is 1. The summed E-state index contributed by atoms with van der Waals surface area (Å²) in [5, 5.41) is 8.34. The molecule has 0 unspecified atom stereocenters. The number of nitrogens with zero attached hydrogens (tertiary/aromatic N) is 4. The second kappa shape index (κ2) is 18.3. The van der Waals surface area contributed by atoms with Gasteiger partial charge in [0.15, 0.2) is 0 Å². The Labute approximate surface area is 284 Å². The Morgan fingerprint density at radius 2 is 1.51 bits per heavy atom. The van der Waals surface area contributed by atoms with Gasteiger partial charge < -0.3 is 15.1 Å². The van der Waals surface area contributed by atoms with Crippen LogP contribution in [0, 0.1) is 6.92 Å². The number of amides is 2. The maximum Gasteiger partial charge on any atom is 0.417 e. The van der Waals surface area contributed by atoms with E-state index in [2.05, 4.69) is 58.2 Å². The minimum atomic E-state index is -4.62. The van der Waals surface area contributed by atoms with Crippen LogP contribution in [-0.4, -0.2) is 85.1 Å². The zero-order valence-corrected chi connectivity index (χ0v) is 29.2. The maximum absolute atomic E-state index is 13.4. The van der Waals surface area contributed by atoms with E-state index in [1.807, 2.05) is 18.2 Å². The minimum Gasteiger partial charge on any atom is -0.313 e. The number of carbonyl (C=O) groups excluding carboxylic acids is 2. The number of likely N-dealkylation sites (N-methyl/N-ethyl adjacent to an activating group) is 2. The molecule has 1 heterocycles. The minimum absolute atomic E-state index is 0.108. The fourth-order valence-electron chi connectivity index (χ4n) is 5.04. The van der Waals surface area contributed by atoms with E-state index < -0.39 is 22.7 Å². The van der Waals surface area contributed by atoms with Crippen molar-refractivity contribution in [3.63, 3.8) is 0 Å². The van der Waals surface area contributed by atoms with Gasteiger partial charge in [-0.3, -0.25) is 14.5 Å². The predicted molar refractivity (Wildman–Crippen MR) is 186 cm³/mol. The predicted octanol–water partition coefficient (Wildman–Crippen LogP) is 7.23. The first-order valence-corrected chi connectivity index (χ1v) is 17.0. The quantitative estimate of drug-likeness (QED) is 0.115. The summed E-state index contributed by atoms with van der Waals surface area (Å²) in [4.78, 5) is 33.6. The lowest BCUT2D eigenvalue weighted by molar-refractivity contribution is -0.137. The zero-order chi connectivity index (χ0) is 34.6. The number of benzene rings is 2. The first-order valence-electron chi connectivity index (χ1n) is 15.8. The van der Waals surface area contributed by atoms with Crippen molar-refractivity contribution in [3.05, 3.63) is 86.2 Å². The van der Waals surface area contributed by atoms with Crippen LogP contribution in [0.15, 0.2) is 52.9 Å². The molecule has 3 aromatic rings. The van der Waals surface area contributed by atoms with E-state index in [1.165, 1.54) is 17.4 Å². The van der Waals surface area contributed by atoms with E-state index in [0.29, 0.717) is 22.7 Å². The van der Waals surface area contributed by atoms with Crippen molar-refractivity contribution < 1.29 is 22.8 Å². The average molecular weight is 693 g/mol. The van der Waals surface area contributed by atoms with E-state index >= 15 is 0 Å². The summed E-state index contributed by atoms with van der Waals surface area (Å²) in [6, 6.07) is 10.8. The number of hydrazone groups is 1. The third-order valence-electron chi connectivity index (χ3n) is 7.95. The molecule has 0 spiro atoms. The van der Waals surface area contributed by atoms with E-state index in [4.69, 9.17) is 11.6 Å². The molecule has 0 radical (unpaired) electrons. The zero-order valence-electron chi connectivity index (χ0n) is 27.6. The monoisotopic (exact) mass is 692 g/mol. The molecule has 1 aromatic heterocycles. The molecule has 2 amide bonds. The van der Waals surface area contributed by atoms with Gasteiger partial charge >= 0.3 is 6.18 Å². The number of halogens is 4. The molecule has 0 fully saturated rings. The normalized spacial score (nSPS) is 12.1. The van der Waals surface area contributed by atoms with E-state index in [-0.39, 0.29) is 17.0 Å². The van der Waals surface area contributed by atoms with Crippen molar-refractivity contribution in [3.8, 4) is 0 Å². The molecule has 8 nitrogen and oxygen atoms in total. The SMILES string of the molecule is CCN(CC)CCN(CCN(CC)CC)Cc1cccc(C(=O)Nc2scc(C)c2C(=O)N/N=C\c2ccc(Cl)c(C(F)(F)F)c2)c1. The molecule has 0 saturated heterocycles. The summed E-state index contributed by atoms with van der Waals surface area (Å²) in [6.45, 7) is 18.8. The molecule has 0 aliphatic rings. The van der Waals surface area contributed by atoms with Gasteiger partial charge in [-0.25, -0.2) is 5.43 Å². The maximum atomic E-state index is 13.4. The van der Waals surface area contributed by atoms with Crippen LogP contribution in [0.5, 0.6) is 0 Å². The average Bonchev–Trinajstić information content (AvgIpc) is 3.41. The Balaban J connectivity index is 1.70. The van der Waals surface area contributed by atoms with Crippen molar-refractivity contribution >= 4 is 46.0 Å². The van der Waals surface area contributed by atoms with Gasteiger partial charge in [0.2, 0.25) is 0 Å². The summed E-state index contributed by atoms with van der Waals surface area (Å²) in [6.07, 6.45) is -3.53. The molecular formula is C34H44ClF3N6O2S. The molecule has 256 valence electrons. The summed E-state index contributed by atoms with van der Waals surface area (Å²) >= 11 is 6.88. The van der Waals surface area contributed by atoms with Gasteiger partial charge in [-0.1, -0.05) is 57.5 Å². The number of carbonyl (C=O) groups is 2. The number of anilines is 1. The standard InChI is InChI=1S/C34H44ClF3N6O2S/c1-6-42(7-2)15-17-44(18-16-43(8-3)9-4)22-26-11-10-12-27(19-26)31(45)40-33-30(24(5)23-47-33)32(46)41-39-21-25-13-14-29(35)28(20-25)34(36,37)38/h10-14,19-21,23H,6-9,15-18,22H2,1-5H3,(H,40,45)(H,41,46)/b39-21-. The number of hydrogen-bond acceptors (Lipinski definition) is 7. The molecule has 13 heteroatoms. The van der Waals surface area contributed by atoms with Crippen LogP contribution in [0.1, 0.15) is 70.7 Å². The second-order valence-electron chi connectivity index (χ2n) is 11.0. The summed E-state index contributed by atoms with van der Waals surface area (Å²) in [5.41, 5.74) is 3.79. The van der Waals surface area contributed by atoms with Crippen LogP contribution in [0.4, 0.5) is 18.2 Å². The molecule has 2 aromatic carbocycles. The number of nitrogens with one attached hydrogen (secondary N) is 2. The first-order chi connectivity index (χ1) is 22.4. The Morgan fingerprint density at radius 3 is 2.11 bits per heavy atom. The van der Waals surface area contributed by atoms with Crippen LogP contribution in [0.2, 0.25) is 5.02 Å². The van der Waals surface area contributed by atoms with Gasteiger partial charge in [-0.2, -0.15) is 18.3 Å². The molecule has 0 aliphatic carbocycles. The number of aryl methyl sites for hydroxylation is 1. The Hall–Kier alpha value is -3.29. The largest absolute Gasteiger partial charge is 0.417 e. The van der Waals surface area contributed by atoms with E-state index in [0.717, 1.165) is 76.3 Å². The lowest BCUT2D eigenvalue weighted by Gasteiger charge is -2.29. The Bertz CT molecular complexity index is 1490. The van der Waals surface area contributed by atoms with Crippen LogP contribution in [-0.2, 0) is 12.7 Å². The topological polar surface area (TPSA) is 80.3 Å². The van der Waals surface area contributed by atoms with Gasteiger partial charge in [-0.05, 0) is 79.4 Å². The number of hydrogen-bond donors (Lipinski definition) is 2. The van der Waals surface area contributed by atoms with E-state index in [9.17, 15) is 22.8 Å². The molecule has 0 atom stereocenters. The second-order valence-corrected chi connectivity index (χ2v) is 12.3. The van der Waals surface area contributed by atoms with Crippen molar-refractivity contribution in [2.75, 3.05) is 57.7 Å². The van der Waals surface area contributed by atoms with Gasteiger partial charge in [-0.15, -0.1) is 11.3 Å². The van der Waals surface area contributed by atoms with Gasteiger partial charge in [0, 0.05) is 38.3 Å². The van der Waals surface area contributed by atoms with Gasteiger partial charge in [0.1, 0.15) is 5.00 Å². The van der Waals surface area contributed by atoms with Gasteiger partial charge in [0.25, 0.3) is 11.8 Å². The number of alkyl halides is 3. The van der Waals surface area contributed by atoms with Crippen molar-refractivity contribution in [1.82, 2.24) is 20.1 Å². The lowest BCUT2D eigenvalue weighted by Crippen LogP contribution is -2.39. The Morgan fingerprint density at radius 1 is 0.894 bits per heavy atom. The highest BCUT2D eigenvalue weighted by Crippen LogP contribution is 2.35. The first kappa shape index (κ1) is 38.2. The highest BCUT2D eigenvalue weighted by atomic mass is 35.5. The molecule has 0 bridgehead atoms. The summed E-state index contributed by atoms with van der Waals surface area (Å²) in [7, 11) is 0. The fraction of sp³-hybridized carbons (Fsp3) is 0.441. The third-order valence-corrected chi connectivity index (χ3v) is 9.30.